The largest absolute Gasteiger partial charge is 0.488 e. The van der Waals surface area contributed by atoms with Gasteiger partial charge < -0.3 is 9.26 Å². The maximum atomic E-state index is 5.88. The van der Waals surface area contributed by atoms with E-state index in [0.29, 0.717) is 6.61 Å². The van der Waals surface area contributed by atoms with Crippen molar-refractivity contribution in [3.05, 3.63) is 72.6 Å². The number of aromatic nitrogens is 1. The third-order valence-electron chi connectivity index (χ3n) is 2.87. The van der Waals surface area contributed by atoms with Gasteiger partial charge in [-0.05, 0) is 11.6 Å². The van der Waals surface area contributed by atoms with Crippen LogP contribution in [0.4, 0.5) is 0 Å². The minimum absolute atomic E-state index is 0.545. The predicted molar refractivity (Wildman–Crippen MR) is 72.7 cm³/mol. The number of ether oxygens (including phenoxy) is 1. The molecule has 0 aliphatic heterocycles. The molecule has 1 aromatic heterocycles. The van der Waals surface area contributed by atoms with Gasteiger partial charge in [-0.1, -0.05) is 53.7 Å². The Morgan fingerprint density at radius 1 is 0.947 bits per heavy atom. The molecule has 3 nitrogen and oxygen atoms in total. The van der Waals surface area contributed by atoms with Crippen molar-refractivity contribution in [1.29, 1.82) is 0 Å². The van der Waals surface area contributed by atoms with Crippen LogP contribution in [-0.4, -0.2) is 5.16 Å². The molecule has 2 aromatic carbocycles. The molecule has 0 bridgehead atoms. The van der Waals surface area contributed by atoms with E-state index >= 15 is 0 Å². The summed E-state index contributed by atoms with van der Waals surface area (Å²) < 4.78 is 10.8. The lowest BCUT2D eigenvalue weighted by molar-refractivity contribution is 0.307. The molecule has 3 heteroatoms. The molecule has 0 aliphatic rings. The second-order valence-corrected chi connectivity index (χ2v) is 4.18. The highest BCUT2D eigenvalue weighted by Gasteiger charge is 2.07. The molecular formula is C16H13NO2. The fourth-order valence-electron chi connectivity index (χ4n) is 1.90. The summed E-state index contributed by atoms with van der Waals surface area (Å²) in [6, 6.07) is 18.0. The number of nitrogens with zero attached hydrogens (tertiary/aromatic N) is 1. The maximum absolute atomic E-state index is 5.88. The first-order valence-electron chi connectivity index (χ1n) is 6.09. The number of hydrogen-bond donors (Lipinski definition) is 0. The van der Waals surface area contributed by atoms with Crippen molar-refractivity contribution >= 4 is 0 Å². The molecule has 0 unspecified atom stereocenters. The average molecular weight is 251 g/mol. The summed E-state index contributed by atoms with van der Waals surface area (Å²) in [7, 11) is 0. The molecule has 1 heterocycles. The Labute approximate surface area is 111 Å². The molecule has 3 rings (SSSR count). The maximum Gasteiger partial charge on any atom is 0.131 e. The number of rotatable bonds is 4. The van der Waals surface area contributed by atoms with Gasteiger partial charge in [0.05, 0.1) is 6.20 Å². The van der Waals surface area contributed by atoms with E-state index in [4.69, 9.17) is 9.26 Å². The summed E-state index contributed by atoms with van der Waals surface area (Å²) in [6.07, 6.45) is 3.30. The zero-order chi connectivity index (χ0) is 12.9. The third kappa shape index (κ3) is 2.65. The molecule has 3 aromatic rings. The van der Waals surface area contributed by atoms with Gasteiger partial charge in [-0.2, -0.15) is 0 Å². The quantitative estimate of drug-likeness (QED) is 0.705. The van der Waals surface area contributed by atoms with E-state index in [-0.39, 0.29) is 0 Å². The van der Waals surface area contributed by atoms with Gasteiger partial charge in [-0.15, -0.1) is 0 Å². The Bertz CT molecular complexity index is 633. The van der Waals surface area contributed by atoms with Crippen LogP contribution in [0.3, 0.4) is 0 Å². The SMILES string of the molecule is c1ccc(COc2ccccc2-c2cnoc2)cc1. The first-order valence-corrected chi connectivity index (χ1v) is 6.09. The summed E-state index contributed by atoms with van der Waals surface area (Å²) in [4.78, 5) is 0. The topological polar surface area (TPSA) is 35.3 Å². The molecule has 0 N–H and O–H groups in total. The molecule has 19 heavy (non-hydrogen) atoms. The van der Waals surface area contributed by atoms with E-state index in [1.165, 1.54) is 0 Å². The van der Waals surface area contributed by atoms with E-state index in [0.717, 1.165) is 22.4 Å². The summed E-state index contributed by atoms with van der Waals surface area (Å²) in [6.45, 7) is 0.545. The van der Waals surface area contributed by atoms with Crippen molar-refractivity contribution in [3.8, 4) is 16.9 Å². The van der Waals surface area contributed by atoms with Crippen LogP contribution in [0.15, 0.2) is 71.6 Å². The van der Waals surface area contributed by atoms with Gasteiger partial charge in [0, 0.05) is 11.1 Å². The first-order chi connectivity index (χ1) is 9.43. The molecule has 94 valence electrons. The van der Waals surface area contributed by atoms with Crippen LogP contribution in [0.5, 0.6) is 5.75 Å². The normalized spacial score (nSPS) is 10.3. The Hall–Kier alpha value is -2.55. The Kier molecular flexibility index (Phi) is 3.28. The zero-order valence-electron chi connectivity index (χ0n) is 10.3. The highest BCUT2D eigenvalue weighted by Crippen LogP contribution is 2.29. The Morgan fingerprint density at radius 3 is 2.53 bits per heavy atom. The first kappa shape index (κ1) is 11.5. The van der Waals surface area contributed by atoms with Gasteiger partial charge in [-0.25, -0.2) is 0 Å². The minimum Gasteiger partial charge on any atom is -0.488 e. The highest BCUT2D eigenvalue weighted by molar-refractivity contribution is 5.68. The van der Waals surface area contributed by atoms with Crippen LogP contribution >= 0.6 is 0 Å². The van der Waals surface area contributed by atoms with Crippen molar-refractivity contribution in [2.75, 3.05) is 0 Å². The number of hydrogen-bond acceptors (Lipinski definition) is 3. The monoisotopic (exact) mass is 251 g/mol. The van der Waals surface area contributed by atoms with Crippen LogP contribution in [0.25, 0.3) is 11.1 Å². The molecule has 0 aliphatic carbocycles. The van der Waals surface area contributed by atoms with Gasteiger partial charge >= 0.3 is 0 Å². The predicted octanol–water partition coefficient (Wildman–Crippen LogP) is 3.92. The molecule has 0 spiro atoms. The van der Waals surface area contributed by atoms with Gasteiger partial charge in [0.1, 0.15) is 18.6 Å². The molecule has 0 fully saturated rings. The molecular weight excluding hydrogens is 238 g/mol. The lowest BCUT2D eigenvalue weighted by Gasteiger charge is -2.10. The van der Waals surface area contributed by atoms with Gasteiger partial charge in [-0.3, -0.25) is 0 Å². The van der Waals surface area contributed by atoms with Gasteiger partial charge in [0.15, 0.2) is 0 Å². The standard InChI is InChI=1S/C16H13NO2/c1-2-6-13(7-3-1)11-18-16-9-5-4-8-15(16)14-10-17-19-12-14/h1-10,12H,11H2. The molecule has 0 radical (unpaired) electrons. The second kappa shape index (κ2) is 5.40. The van der Waals surface area contributed by atoms with E-state index in [1.807, 2.05) is 54.6 Å². The molecule has 0 amide bonds. The highest BCUT2D eigenvalue weighted by atomic mass is 16.5. The summed E-state index contributed by atoms with van der Waals surface area (Å²) in [5.41, 5.74) is 3.05. The van der Waals surface area contributed by atoms with Crippen LogP contribution in [0, 0.1) is 0 Å². The Morgan fingerprint density at radius 2 is 1.74 bits per heavy atom. The average Bonchev–Trinajstić information content (AvgIpc) is 3.01. The van der Waals surface area contributed by atoms with E-state index in [9.17, 15) is 0 Å². The van der Waals surface area contributed by atoms with Crippen LogP contribution < -0.4 is 4.74 Å². The van der Waals surface area contributed by atoms with Crippen molar-refractivity contribution < 1.29 is 9.26 Å². The van der Waals surface area contributed by atoms with Crippen LogP contribution in [0.2, 0.25) is 0 Å². The molecule has 0 saturated heterocycles. The fraction of sp³-hybridized carbons (Fsp3) is 0.0625. The summed E-state index contributed by atoms with van der Waals surface area (Å²) in [5, 5.41) is 3.73. The Balaban J connectivity index is 1.82. The van der Waals surface area contributed by atoms with Crippen molar-refractivity contribution in [2.24, 2.45) is 0 Å². The summed E-state index contributed by atoms with van der Waals surface area (Å²) >= 11 is 0. The van der Waals surface area contributed by atoms with Crippen molar-refractivity contribution in [3.63, 3.8) is 0 Å². The van der Waals surface area contributed by atoms with Gasteiger partial charge in [0.2, 0.25) is 0 Å². The van der Waals surface area contributed by atoms with Gasteiger partial charge in [0.25, 0.3) is 0 Å². The molecule has 0 saturated carbocycles. The minimum atomic E-state index is 0.545. The summed E-state index contributed by atoms with van der Waals surface area (Å²) in [5.74, 6) is 0.828. The van der Waals surface area contributed by atoms with Crippen LogP contribution in [0.1, 0.15) is 5.56 Å². The second-order valence-electron chi connectivity index (χ2n) is 4.18. The van der Waals surface area contributed by atoms with E-state index in [1.54, 1.807) is 12.5 Å². The fourth-order valence-corrected chi connectivity index (χ4v) is 1.90. The van der Waals surface area contributed by atoms with Crippen molar-refractivity contribution in [2.45, 2.75) is 6.61 Å². The lowest BCUT2D eigenvalue weighted by atomic mass is 10.1. The lowest BCUT2D eigenvalue weighted by Crippen LogP contribution is -1.96. The third-order valence-corrected chi connectivity index (χ3v) is 2.87. The zero-order valence-corrected chi connectivity index (χ0v) is 10.3. The van der Waals surface area contributed by atoms with E-state index < -0.39 is 0 Å². The van der Waals surface area contributed by atoms with Crippen LogP contribution in [-0.2, 0) is 6.61 Å². The van der Waals surface area contributed by atoms with Crippen molar-refractivity contribution in [1.82, 2.24) is 5.16 Å². The number of benzene rings is 2. The molecule has 0 atom stereocenters. The number of para-hydroxylation sites is 1. The van der Waals surface area contributed by atoms with E-state index in [2.05, 4.69) is 5.16 Å². The smallest absolute Gasteiger partial charge is 0.131 e.